The van der Waals surface area contributed by atoms with Gasteiger partial charge in [-0.2, -0.15) is 11.8 Å². The topological polar surface area (TPSA) is 56.9 Å². The fraction of sp³-hybridized carbons (Fsp3) is 0.357. The summed E-state index contributed by atoms with van der Waals surface area (Å²) in [5.41, 5.74) is 1.95. The molecule has 1 aromatic carbocycles. The van der Waals surface area contributed by atoms with Crippen LogP contribution in [0, 0.1) is 0 Å². The number of hydrogen-bond acceptors (Lipinski definition) is 3. The molecule has 0 radical (unpaired) electrons. The van der Waals surface area contributed by atoms with Gasteiger partial charge in [0.25, 0.3) is 0 Å². The van der Waals surface area contributed by atoms with Crippen molar-refractivity contribution in [2.45, 2.75) is 12.5 Å². The van der Waals surface area contributed by atoms with Gasteiger partial charge in [-0.05, 0) is 24.3 Å². The highest BCUT2D eigenvalue weighted by molar-refractivity contribution is 7.99. The number of H-pyrrole nitrogens is 1. The zero-order valence-electron chi connectivity index (χ0n) is 11.0. The van der Waals surface area contributed by atoms with Crippen LogP contribution in [0.1, 0.15) is 6.42 Å². The predicted molar refractivity (Wildman–Crippen MR) is 87.9 cm³/mol. The molecule has 4 nitrogen and oxygen atoms in total. The van der Waals surface area contributed by atoms with E-state index in [0.717, 1.165) is 34.6 Å². The first-order valence-corrected chi connectivity index (χ1v) is 7.65. The van der Waals surface area contributed by atoms with E-state index in [1.807, 2.05) is 42.2 Å². The molecule has 1 unspecified atom stereocenters. The van der Waals surface area contributed by atoms with Gasteiger partial charge in [0, 0.05) is 53.3 Å². The number of thioether (sulfide) groups is 1. The van der Waals surface area contributed by atoms with E-state index in [4.69, 9.17) is 0 Å². The molecule has 1 amide bonds. The van der Waals surface area contributed by atoms with Crippen LogP contribution >= 0.6 is 24.2 Å². The summed E-state index contributed by atoms with van der Waals surface area (Å²) >= 11 is 1.91. The van der Waals surface area contributed by atoms with Crippen molar-refractivity contribution in [1.29, 1.82) is 0 Å². The molecule has 2 heterocycles. The SMILES string of the molecule is Cl.O=C(CC1CSCCN1)Nc1ccc2[nH]ccc2c1. The van der Waals surface area contributed by atoms with Gasteiger partial charge in [-0.25, -0.2) is 0 Å². The van der Waals surface area contributed by atoms with E-state index in [-0.39, 0.29) is 18.3 Å². The van der Waals surface area contributed by atoms with Crippen LogP contribution < -0.4 is 10.6 Å². The summed E-state index contributed by atoms with van der Waals surface area (Å²) in [6, 6.07) is 8.21. The summed E-state index contributed by atoms with van der Waals surface area (Å²) < 4.78 is 0. The van der Waals surface area contributed by atoms with E-state index >= 15 is 0 Å². The Labute approximate surface area is 128 Å². The van der Waals surface area contributed by atoms with Gasteiger partial charge >= 0.3 is 0 Å². The van der Waals surface area contributed by atoms with Crippen molar-refractivity contribution >= 4 is 46.7 Å². The number of aromatic nitrogens is 1. The molecular weight excluding hydrogens is 294 g/mol. The Bertz CT molecular complexity index is 581. The molecular formula is C14H18ClN3OS. The van der Waals surface area contributed by atoms with Gasteiger partial charge in [0.2, 0.25) is 5.91 Å². The van der Waals surface area contributed by atoms with Gasteiger partial charge in [-0.15, -0.1) is 12.4 Å². The van der Waals surface area contributed by atoms with Crippen LogP contribution in [0.4, 0.5) is 5.69 Å². The normalized spacial score (nSPS) is 18.5. The summed E-state index contributed by atoms with van der Waals surface area (Å²) in [4.78, 5) is 15.1. The van der Waals surface area contributed by atoms with E-state index in [0.29, 0.717) is 12.5 Å². The number of carbonyl (C=O) groups is 1. The lowest BCUT2D eigenvalue weighted by atomic mass is 10.2. The summed E-state index contributed by atoms with van der Waals surface area (Å²) in [5, 5.41) is 7.46. The maximum absolute atomic E-state index is 12.0. The van der Waals surface area contributed by atoms with Gasteiger partial charge in [0.05, 0.1) is 0 Å². The fourth-order valence-electron chi connectivity index (χ4n) is 2.32. The number of anilines is 1. The lowest BCUT2D eigenvalue weighted by molar-refractivity contribution is -0.116. The minimum absolute atomic E-state index is 0. The van der Waals surface area contributed by atoms with E-state index in [1.54, 1.807) is 0 Å². The molecule has 0 saturated carbocycles. The maximum atomic E-state index is 12.0. The molecule has 6 heteroatoms. The molecule has 0 bridgehead atoms. The van der Waals surface area contributed by atoms with Gasteiger partial charge in [-0.3, -0.25) is 4.79 Å². The van der Waals surface area contributed by atoms with Crippen LogP contribution in [-0.4, -0.2) is 35.0 Å². The molecule has 2 aromatic rings. The second-order valence-corrected chi connectivity index (χ2v) is 5.91. The number of hydrogen-bond donors (Lipinski definition) is 3. The Morgan fingerprint density at radius 1 is 1.40 bits per heavy atom. The largest absolute Gasteiger partial charge is 0.361 e. The minimum Gasteiger partial charge on any atom is -0.361 e. The number of benzene rings is 1. The van der Waals surface area contributed by atoms with Crippen molar-refractivity contribution in [1.82, 2.24) is 10.3 Å². The number of halogens is 1. The number of carbonyl (C=O) groups excluding carboxylic acids is 1. The standard InChI is InChI=1S/C14H17N3OS.ClH/c18-14(8-12-9-19-6-5-15-12)17-11-1-2-13-10(7-11)3-4-16-13;/h1-4,7,12,15-16H,5-6,8-9H2,(H,17,18);1H. The number of amides is 1. The summed E-state index contributed by atoms with van der Waals surface area (Å²) in [6.45, 7) is 0.998. The molecule has 0 spiro atoms. The fourth-order valence-corrected chi connectivity index (χ4v) is 3.27. The quantitative estimate of drug-likeness (QED) is 0.817. The van der Waals surface area contributed by atoms with Crippen LogP contribution in [0.25, 0.3) is 10.9 Å². The van der Waals surface area contributed by atoms with E-state index < -0.39 is 0 Å². The molecule has 1 fully saturated rings. The van der Waals surface area contributed by atoms with E-state index in [1.165, 1.54) is 0 Å². The number of aromatic amines is 1. The first-order valence-electron chi connectivity index (χ1n) is 6.49. The van der Waals surface area contributed by atoms with Crippen molar-refractivity contribution < 1.29 is 4.79 Å². The van der Waals surface area contributed by atoms with Crippen molar-refractivity contribution in [3.05, 3.63) is 30.5 Å². The van der Waals surface area contributed by atoms with Crippen molar-refractivity contribution in [3.8, 4) is 0 Å². The highest BCUT2D eigenvalue weighted by atomic mass is 35.5. The first-order chi connectivity index (χ1) is 9.31. The molecule has 0 aliphatic carbocycles. The van der Waals surface area contributed by atoms with Gasteiger partial charge in [-0.1, -0.05) is 0 Å². The van der Waals surface area contributed by atoms with Crippen molar-refractivity contribution in [3.63, 3.8) is 0 Å². The van der Waals surface area contributed by atoms with Crippen LogP contribution in [-0.2, 0) is 4.79 Å². The highest BCUT2D eigenvalue weighted by Gasteiger charge is 2.16. The molecule has 3 N–H and O–H groups in total. The van der Waals surface area contributed by atoms with Crippen LogP contribution in [0.2, 0.25) is 0 Å². The van der Waals surface area contributed by atoms with E-state index in [2.05, 4.69) is 15.6 Å². The summed E-state index contributed by atoms with van der Waals surface area (Å²) in [6.07, 6.45) is 2.44. The lowest BCUT2D eigenvalue weighted by Crippen LogP contribution is -2.39. The maximum Gasteiger partial charge on any atom is 0.225 e. The molecule has 108 valence electrons. The average Bonchev–Trinajstić information content (AvgIpc) is 2.87. The van der Waals surface area contributed by atoms with Gasteiger partial charge < -0.3 is 15.6 Å². The number of nitrogens with one attached hydrogen (secondary N) is 3. The zero-order chi connectivity index (χ0) is 13.1. The predicted octanol–water partition coefficient (Wildman–Crippen LogP) is 2.62. The van der Waals surface area contributed by atoms with Crippen molar-refractivity contribution in [2.75, 3.05) is 23.4 Å². The molecule has 3 rings (SSSR count). The molecule has 1 aliphatic heterocycles. The Morgan fingerprint density at radius 3 is 3.10 bits per heavy atom. The smallest absolute Gasteiger partial charge is 0.225 e. The number of rotatable bonds is 3. The van der Waals surface area contributed by atoms with Crippen LogP contribution in [0.3, 0.4) is 0 Å². The molecule has 20 heavy (non-hydrogen) atoms. The Morgan fingerprint density at radius 2 is 2.30 bits per heavy atom. The second kappa shape index (κ2) is 7.02. The Hall–Kier alpha value is -1.17. The number of fused-ring (bicyclic) bond motifs is 1. The Balaban J connectivity index is 0.00000147. The summed E-state index contributed by atoms with van der Waals surface area (Å²) in [5.74, 6) is 2.24. The zero-order valence-corrected chi connectivity index (χ0v) is 12.7. The average molecular weight is 312 g/mol. The first kappa shape index (κ1) is 15.2. The third kappa shape index (κ3) is 3.69. The molecule has 1 aliphatic rings. The van der Waals surface area contributed by atoms with Crippen LogP contribution in [0.15, 0.2) is 30.5 Å². The van der Waals surface area contributed by atoms with E-state index in [9.17, 15) is 4.79 Å². The van der Waals surface area contributed by atoms with Crippen LogP contribution in [0.5, 0.6) is 0 Å². The monoisotopic (exact) mass is 311 g/mol. The third-order valence-electron chi connectivity index (χ3n) is 3.27. The Kier molecular flexibility index (Phi) is 5.34. The van der Waals surface area contributed by atoms with Crippen molar-refractivity contribution in [2.24, 2.45) is 0 Å². The van der Waals surface area contributed by atoms with Gasteiger partial charge in [0.15, 0.2) is 0 Å². The lowest BCUT2D eigenvalue weighted by Gasteiger charge is -2.22. The second-order valence-electron chi connectivity index (χ2n) is 4.76. The summed E-state index contributed by atoms with van der Waals surface area (Å²) in [7, 11) is 0. The third-order valence-corrected chi connectivity index (χ3v) is 4.40. The molecule has 1 atom stereocenters. The minimum atomic E-state index is 0. The highest BCUT2D eigenvalue weighted by Crippen LogP contribution is 2.18. The van der Waals surface area contributed by atoms with Gasteiger partial charge in [0.1, 0.15) is 0 Å². The molecule has 1 saturated heterocycles. The molecule has 1 aromatic heterocycles.